The van der Waals surface area contributed by atoms with Crippen LogP contribution in [0.15, 0.2) is 29.6 Å². The molecule has 4 nitrogen and oxygen atoms in total. The number of amides is 2. The maximum absolute atomic E-state index is 12.2. The van der Waals surface area contributed by atoms with Gasteiger partial charge in [0.05, 0.1) is 6.61 Å². The average molecular weight is 332 g/mol. The molecule has 0 radical (unpaired) electrons. The summed E-state index contributed by atoms with van der Waals surface area (Å²) < 4.78 is 6.77. The predicted molar refractivity (Wildman–Crippen MR) is 95.1 cm³/mol. The quantitative estimate of drug-likeness (QED) is 0.879. The fourth-order valence-corrected chi connectivity index (χ4v) is 4.08. The van der Waals surface area contributed by atoms with E-state index in [1.807, 2.05) is 11.8 Å². The Morgan fingerprint density at radius 2 is 2.30 bits per heavy atom. The minimum absolute atomic E-state index is 0.0588. The number of likely N-dealkylation sites (tertiary alicyclic amines) is 1. The maximum atomic E-state index is 12.2. The van der Waals surface area contributed by atoms with Gasteiger partial charge < -0.3 is 15.0 Å². The number of fused-ring (bicyclic) bond motifs is 1. The van der Waals surface area contributed by atoms with E-state index in [2.05, 4.69) is 35.0 Å². The third-order valence-corrected chi connectivity index (χ3v) is 5.37. The molecule has 23 heavy (non-hydrogen) atoms. The fraction of sp³-hybridized carbons (Fsp3) is 0.500. The fourth-order valence-electron chi connectivity index (χ4n) is 3.08. The largest absolute Gasteiger partial charge is 0.381 e. The van der Waals surface area contributed by atoms with Crippen LogP contribution < -0.4 is 5.32 Å². The first-order valence-electron chi connectivity index (χ1n) is 8.33. The lowest BCUT2D eigenvalue weighted by molar-refractivity contribution is 0.113. The Morgan fingerprint density at radius 3 is 3.17 bits per heavy atom. The highest BCUT2D eigenvalue weighted by Crippen LogP contribution is 2.25. The molecule has 1 aromatic carbocycles. The van der Waals surface area contributed by atoms with Gasteiger partial charge in [0.1, 0.15) is 0 Å². The van der Waals surface area contributed by atoms with Gasteiger partial charge in [-0.2, -0.15) is 0 Å². The molecule has 0 bridgehead atoms. The molecule has 3 rings (SSSR count). The zero-order chi connectivity index (χ0) is 16.1. The Balaban J connectivity index is 1.45. The van der Waals surface area contributed by atoms with Gasteiger partial charge in [-0.3, -0.25) is 0 Å². The molecule has 1 atom stereocenters. The summed E-state index contributed by atoms with van der Waals surface area (Å²) in [5, 5.41) is 6.56. The Kier molecular flexibility index (Phi) is 5.51. The van der Waals surface area contributed by atoms with Gasteiger partial charge in [-0.25, -0.2) is 4.79 Å². The molecular formula is C18H24N2O2S. The molecule has 0 aliphatic carbocycles. The van der Waals surface area contributed by atoms with Crippen LogP contribution in [-0.2, 0) is 11.2 Å². The Bertz CT molecular complexity index is 655. The summed E-state index contributed by atoms with van der Waals surface area (Å²) >= 11 is 1.77. The van der Waals surface area contributed by atoms with Crippen LogP contribution in [0.2, 0.25) is 0 Å². The molecule has 1 N–H and O–H groups in total. The molecule has 0 unspecified atom stereocenters. The average Bonchev–Trinajstić information content (AvgIpc) is 3.20. The van der Waals surface area contributed by atoms with E-state index >= 15 is 0 Å². The standard InChI is InChI=1S/C18H24N2O2S/c1-2-22-12-14-8-10-20(11-14)18(21)19-9-7-15-13-23-17-6-4-3-5-16(15)17/h3-6,13-14H,2,7-12H2,1H3,(H,19,21)/t14-/m1/s1. The highest BCUT2D eigenvalue weighted by molar-refractivity contribution is 7.17. The van der Waals surface area contributed by atoms with Crippen molar-refractivity contribution < 1.29 is 9.53 Å². The molecule has 2 aromatic rings. The van der Waals surface area contributed by atoms with Crippen LogP contribution in [0.5, 0.6) is 0 Å². The summed E-state index contributed by atoms with van der Waals surface area (Å²) in [6.45, 7) is 5.86. The summed E-state index contributed by atoms with van der Waals surface area (Å²) in [4.78, 5) is 14.1. The molecule has 1 aliphatic rings. The molecule has 0 spiro atoms. The lowest BCUT2D eigenvalue weighted by atomic mass is 10.1. The first-order valence-corrected chi connectivity index (χ1v) is 9.21. The first kappa shape index (κ1) is 16.3. The lowest BCUT2D eigenvalue weighted by Crippen LogP contribution is -2.39. The van der Waals surface area contributed by atoms with E-state index < -0.39 is 0 Å². The van der Waals surface area contributed by atoms with Gasteiger partial charge >= 0.3 is 6.03 Å². The van der Waals surface area contributed by atoms with Crippen LogP contribution in [0, 0.1) is 5.92 Å². The molecule has 5 heteroatoms. The lowest BCUT2D eigenvalue weighted by Gasteiger charge is -2.17. The number of urea groups is 1. The number of hydrogen-bond donors (Lipinski definition) is 1. The van der Waals surface area contributed by atoms with Crippen molar-refractivity contribution in [3.05, 3.63) is 35.2 Å². The van der Waals surface area contributed by atoms with Gasteiger partial charge in [0.25, 0.3) is 0 Å². The molecule has 2 amide bonds. The second kappa shape index (κ2) is 7.79. The van der Waals surface area contributed by atoms with Gasteiger partial charge in [-0.05, 0) is 42.2 Å². The summed E-state index contributed by atoms with van der Waals surface area (Å²) in [6, 6.07) is 8.49. The summed E-state index contributed by atoms with van der Waals surface area (Å²) in [6.07, 6.45) is 1.93. The van der Waals surface area contributed by atoms with Gasteiger partial charge in [0, 0.05) is 36.9 Å². The Labute approximate surface area is 141 Å². The summed E-state index contributed by atoms with van der Waals surface area (Å²) in [5.74, 6) is 0.488. The van der Waals surface area contributed by atoms with Gasteiger partial charge in [0.15, 0.2) is 0 Å². The second-order valence-electron chi connectivity index (χ2n) is 6.00. The van der Waals surface area contributed by atoms with Crippen LogP contribution in [0.1, 0.15) is 18.9 Å². The van der Waals surface area contributed by atoms with Crippen molar-refractivity contribution >= 4 is 27.5 Å². The van der Waals surface area contributed by atoms with E-state index in [-0.39, 0.29) is 6.03 Å². The van der Waals surface area contributed by atoms with Crippen molar-refractivity contribution in [3.8, 4) is 0 Å². The SMILES string of the molecule is CCOC[C@@H]1CCN(C(=O)NCCc2csc3ccccc23)C1. The summed E-state index contributed by atoms with van der Waals surface area (Å²) in [7, 11) is 0. The van der Waals surface area contributed by atoms with E-state index in [9.17, 15) is 4.79 Å². The van der Waals surface area contributed by atoms with E-state index in [0.717, 1.165) is 39.1 Å². The first-order chi connectivity index (χ1) is 11.3. The van der Waals surface area contributed by atoms with Gasteiger partial charge in [0.2, 0.25) is 0 Å². The number of hydrogen-bond acceptors (Lipinski definition) is 3. The Hall–Kier alpha value is -1.59. The minimum atomic E-state index is 0.0588. The number of thiophene rings is 1. The van der Waals surface area contributed by atoms with E-state index in [0.29, 0.717) is 12.5 Å². The number of nitrogens with zero attached hydrogens (tertiary/aromatic N) is 1. The molecule has 0 saturated carbocycles. The highest BCUT2D eigenvalue weighted by atomic mass is 32.1. The maximum Gasteiger partial charge on any atom is 0.317 e. The van der Waals surface area contributed by atoms with Crippen LogP contribution in [0.3, 0.4) is 0 Å². The molecular weight excluding hydrogens is 308 g/mol. The normalized spacial score (nSPS) is 17.8. The zero-order valence-corrected chi connectivity index (χ0v) is 14.4. The van der Waals surface area contributed by atoms with E-state index in [1.165, 1.54) is 15.6 Å². The van der Waals surface area contributed by atoms with Gasteiger partial charge in [-0.1, -0.05) is 18.2 Å². The minimum Gasteiger partial charge on any atom is -0.381 e. The van der Waals surface area contributed by atoms with E-state index in [4.69, 9.17) is 4.74 Å². The number of rotatable bonds is 6. The monoisotopic (exact) mass is 332 g/mol. The summed E-state index contributed by atoms with van der Waals surface area (Å²) in [5.41, 5.74) is 1.32. The van der Waals surface area contributed by atoms with Crippen molar-refractivity contribution in [1.29, 1.82) is 0 Å². The second-order valence-corrected chi connectivity index (χ2v) is 6.91. The third-order valence-electron chi connectivity index (χ3n) is 4.36. The number of ether oxygens (including phenoxy) is 1. The van der Waals surface area contributed by atoms with Crippen LogP contribution >= 0.6 is 11.3 Å². The molecule has 1 aliphatic heterocycles. The molecule has 1 aromatic heterocycles. The molecule has 1 saturated heterocycles. The van der Waals surface area contributed by atoms with Crippen LogP contribution in [0.25, 0.3) is 10.1 Å². The van der Waals surface area contributed by atoms with Crippen molar-refractivity contribution in [2.75, 3.05) is 32.8 Å². The van der Waals surface area contributed by atoms with Crippen LogP contribution in [0.4, 0.5) is 4.79 Å². The van der Waals surface area contributed by atoms with Crippen molar-refractivity contribution in [3.63, 3.8) is 0 Å². The smallest absolute Gasteiger partial charge is 0.317 e. The Morgan fingerprint density at radius 1 is 1.43 bits per heavy atom. The zero-order valence-electron chi connectivity index (χ0n) is 13.6. The number of benzene rings is 1. The van der Waals surface area contributed by atoms with Crippen molar-refractivity contribution in [2.24, 2.45) is 5.92 Å². The predicted octanol–water partition coefficient (Wildman–Crippen LogP) is 3.51. The molecule has 1 fully saturated rings. The van der Waals surface area contributed by atoms with Crippen molar-refractivity contribution in [1.82, 2.24) is 10.2 Å². The van der Waals surface area contributed by atoms with Gasteiger partial charge in [-0.15, -0.1) is 11.3 Å². The van der Waals surface area contributed by atoms with Crippen molar-refractivity contribution in [2.45, 2.75) is 19.8 Å². The number of carbonyl (C=O) groups is 1. The molecule has 2 heterocycles. The molecule has 124 valence electrons. The number of nitrogens with one attached hydrogen (secondary N) is 1. The number of carbonyl (C=O) groups excluding carboxylic acids is 1. The van der Waals surface area contributed by atoms with Crippen LogP contribution in [-0.4, -0.2) is 43.8 Å². The van der Waals surface area contributed by atoms with E-state index in [1.54, 1.807) is 11.3 Å². The topological polar surface area (TPSA) is 41.6 Å². The third kappa shape index (κ3) is 4.03. The highest BCUT2D eigenvalue weighted by Gasteiger charge is 2.25.